The van der Waals surface area contributed by atoms with Gasteiger partial charge in [0.05, 0.1) is 0 Å². The summed E-state index contributed by atoms with van der Waals surface area (Å²) < 4.78 is 4.87. The third-order valence-electron chi connectivity index (χ3n) is 2.12. The molecule has 0 fully saturated rings. The number of hydrogen-bond acceptors (Lipinski definition) is 6. The number of carbonyl (C=O) groups is 3. The summed E-state index contributed by atoms with van der Waals surface area (Å²) in [4.78, 5) is 37.2. The Morgan fingerprint density at radius 1 is 1.20 bits per heavy atom. The van der Waals surface area contributed by atoms with Crippen molar-refractivity contribution in [2.24, 2.45) is 5.16 Å². The minimum Gasteiger partial charge on any atom is -0.476 e. The van der Waals surface area contributed by atoms with E-state index in [2.05, 4.69) is 9.99 Å². The van der Waals surface area contributed by atoms with Crippen LogP contribution >= 0.6 is 0 Å². The maximum Gasteiger partial charge on any atom is 0.361 e. The van der Waals surface area contributed by atoms with E-state index in [1.165, 1.54) is 0 Å². The number of rotatable bonds is 7. The summed E-state index contributed by atoms with van der Waals surface area (Å²) in [5.74, 6) is -3.00. The average Bonchev–Trinajstić information content (AvgIpc) is 2.41. The molecule has 0 aromatic heterocycles. The molecule has 1 N–H and O–H groups in total. The van der Waals surface area contributed by atoms with Gasteiger partial charge in [0.15, 0.2) is 5.78 Å². The first-order chi connectivity index (χ1) is 9.50. The van der Waals surface area contributed by atoms with E-state index in [-0.39, 0.29) is 6.61 Å². The maximum atomic E-state index is 11.3. The van der Waals surface area contributed by atoms with Gasteiger partial charge in [0.1, 0.15) is 6.61 Å². The van der Waals surface area contributed by atoms with Crippen molar-refractivity contribution in [1.29, 1.82) is 0 Å². The quantitative estimate of drug-likeness (QED) is 0.342. The molecule has 0 saturated carbocycles. The van der Waals surface area contributed by atoms with Gasteiger partial charge in [-0.25, -0.2) is 9.59 Å². The Labute approximate surface area is 114 Å². The second-order valence-corrected chi connectivity index (χ2v) is 3.72. The number of carboxylic acids is 1. The molecule has 0 saturated heterocycles. The summed E-state index contributed by atoms with van der Waals surface area (Å²) in [7, 11) is 0. The van der Waals surface area contributed by atoms with Crippen molar-refractivity contribution in [1.82, 2.24) is 0 Å². The normalized spacial score (nSPS) is 10.8. The van der Waals surface area contributed by atoms with Crippen LogP contribution in [0.4, 0.5) is 0 Å². The molecule has 106 valence electrons. The minimum absolute atomic E-state index is 0.0746. The van der Waals surface area contributed by atoms with Crippen molar-refractivity contribution in [2.75, 3.05) is 6.61 Å². The van der Waals surface area contributed by atoms with Gasteiger partial charge < -0.3 is 14.7 Å². The monoisotopic (exact) mass is 279 g/mol. The molecule has 0 atom stereocenters. The number of carbonyl (C=O) groups excluding carboxylic acids is 2. The standard InChI is InChI=1S/C13H13NO6/c1-9(15)12(13(17)18)14-20-8-11(16)19-7-10-5-3-2-4-6-10/h2-6H,7-8H2,1H3,(H,17,18). The molecule has 0 amide bonds. The minimum atomic E-state index is -1.52. The summed E-state index contributed by atoms with van der Waals surface area (Å²) in [5, 5.41) is 11.7. The molecule has 0 bridgehead atoms. The zero-order valence-corrected chi connectivity index (χ0v) is 10.7. The Morgan fingerprint density at radius 3 is 2.40 bits per heavy atom. The van der Waals surface area contributed by atoms with Crippen LogP contribution in [-0.4, -0.2) is 35.1 Å². The van der Waals surface area contributed by atoms with E-state index >= 15 is 0 Å². The molecule has 0 heterocycles. The zero-order valence-electron chi connectivity index (χ0n) is 10.7. The summed E-state index contributed by atoms with van der Waals surface area (Å²) in [6.45, 7) is 0.534. The Hall–Kier alpha value is -2.70. The third-order valence-corrected chi connectivity index (χ3v) is 2.12. The smallest absolute Gasteiger partial charge is 0.361 e. The highest BCUT2D eigenvalue weighted by atomic mass is 16.7. The summed E-state index contributed by atoms with van der Waals surface area (Å²) >= 11 is 0. The van der Waals surface area contributed by atoms with Crippen LogP contribution in [-0.2, 0) is 30.6 Å². The van der Waals surface area contributed by atoms with Crippen LogP contribution in [0.25, 0.3) is 0 Å². The van der Waals surface area contributed by atoms with Crippen molar-refractivity contribution in [3.63, 3.8) is 0 Å². The third kappa shape index (κ3) is 5.30. The number of carboxylic acid groups (broad SMARTS) is 1. The first-order valence-electron chi connectivity index (χ1n) is 5.64. The van der Waals surface area contributed by atoms with Crippen LogP contribution < -0.4 is 0 Å². The van der Waals surface area contributed by atoms with E-state index in [0.717, 1.165) is 12.5 Å². The average molecular weight is 279 g/mol. The Balaban J connectivity index is 2.38. The van der Waals surface area contributed by atoms with Crippen LogP contribution in [0.15, 0.2) is 35.5 Å². The second-order valence-electron chi connectivity index (χ2n) is 3.72. The number of esters is 1. The van der Waals surface area contributed by atoms with E-state index in [4.69, 9.17) is 9.84 Å². The number of oxime groups is 1. The number of ketones is 1. The lowest BCUT2D eigenvalue weighted by molar-refractivity contribution is -0.150. The van der Waals surface area contributed by atoms with Gasteiger partial charge in [-0.05, 0) is 5.56 Å². The summed E-state index contributed by atoms with van der Waals surface area (Å²) in [5.41, 5.74) is 0.0279. The van der Waals surface area contributed by atoms with Crippen molar-refractivity contribution in [3.05, 3.63) is 35.9 Å². The van der Waals surface area contributed by atoms with E-state index in [9.17, 15) is 14.4 Å². The number of benzene rings is 1. The van der Waals surface area contributed by atoms with Crippen LogP contribution in [0, 0.1) is 0 Å². The number of aliphatic carboxylic acids is 1. The van der Waals surface area contributed by atoms with E-state index in [1.807, 2.05) is 6.07 Å². The van der Waals surface area contributed by atoms with Gasteiger partial charge in [0.2, 0.25) is 12.3 Å². The van der Waals surface area contributed by atoms with Crippen LogP contribution in [0.3, 0.4) is 0 Å². The Kier molecular flexibility index (Phi) is 5.89. The highest BCUT2D eigenvalue weighted by Gasteiger charge is 2.16. The van der Waals surface area contributed by atoms with Gasteiger partial charge in [-0.1, -0.05) is 35.5 Å². The topological polar surface area (TPSA) is 102 Å². The first kappa shape index (κ1) is 15.4. The van der Waals surface area contributed by atoms with Crippen LogP contribution in [0.1, 0.15) is 12.5 Å². The second kappa shape index (κ2) is 7.67. The number of ether oxygens (including phenoxy) is 1. The molecule has 7 heteroatoms. The molecule has 1 aromatic rings. The molecule has 7 nitrogen and oxygen atoms in total. The molecule has 1 rings (SSSR count). The predicted octanol–water partition coefficient (Wildman–Crippen LogP) is 0.776. The lowest BCUT2D eigenvalue weighted by Crippen LogP contribution is -2.22. The molecule has 0 spiro atoms. The molecule has 1 aromatic carbocycles. The lowest BCUT2D eigenvalue weighted by atomic mass is 10.2. The SMILES string of the molecule is CC(=O)C(=NOCC(=O)OCc1ccccc1)C(=O)O. The van der Waals surface area contributed by atoms with E-state index in [1.54, 1.807) is 24.3 Å². The maximum absolute atomic E-state index is 11.3. The van der Waals surface area contributed by atoms with Crippen LogP contribution in [0.5, 0.6) is 0 Å². The molecular weight excluding hydrogens is 266 g/mol. The fourth-order valence-electron chi connectivity index (χ4n) is 1.18. The van der Waals surface area contributed by atoms with Gasteiger partial charge in [-0.15, -0.1) is 0 Å². The number of nitrogens with zero attached hydrogens (tertiary/aromatic N) is 1. The number of hydrogen-bond donors (Lipinski definition) is 1. The largest absolute Gasteiger partial charge is 0.476 e. The number of Topliss-reactive ketones (excluding diaryl/α,β-unsaturated/α-hetero) is 1. The van der Waals surface area contributed by atoms with Gasteiger partial charge >= 0.3 is 11.9 Å². The van der Waals surface area contributed by atoms with Crippen molar-refractivity contribution in [2.45, 2.75) is 13.5 Å². The highest BCUT2D eigenvalue weighted by molar-refractivity contribution is 6.63. The van der Waals surface area contributed by atoms with Gasteiger partial charge in [-0.2, -0.15) is 0 Å². The van der Waals surface area contributed by atoms with Crippen molar-refractivity contribution >= 4 is 23.4 Å². The fourth-order valence-corrected chi connectivity index (χ4v) is 1.18. The highest BCUT2D eigenvalue weighted by Crippen LogP contribution is 2.00. The fraction of sp³-hybridized carbons (Fsp3) is 0.231. The Bertz CT molecular complexity index is 507. The predicted molar refractivity (Wildman–Crippen MR) is 67.9 cm³/mol. The van der Waals surface area contributed by atoms with Gasteiger partial charge in [0, 0.05) is 6.92 Å². The lowest BCUT2D eigenvalue weighted by Gasteiger charge is -2.04. The van der Waals surface area contributed by atoms with E-state index in [0.29, 0.717) is 0 Å². The summed E-state index contributed by atoms with van der Waals surface area (Å²) in [6, 6.07) is 9.00. The Morgan fingerprint density at radius 2 is 1.85 bits per heavy atom. The van der Waals surface area contributed by atoms with Crippen molar-refractivity contribution in [3.8, 4) is 0 Å². The van der Waals surface area contributed by atoms with E-state index < -0.39 is 30.0 Å². The zero-order chi connectivity index (χ0) is 15.0. The van der Waals surface area contributed by atoms with Crippen molar-refractivity contribution < 1.29 is 29.1 Å². The molecular formula is C13H13NO6. The molecule has 0 radical (unpaired) electrons. The molecule has 0 aliphatic rings. The molecule has 0 unspecified atom stereocenters. The van der Waals surface area contributed by atoms with Gasteiger partial charge in [0.25, 0.3) is 0 Å². The van der Waals surface area contributed by atoms with Gasteiger partial charge in [-0.3, -0.25) is 4.79 Å². The summed E-state index contributed by atoms with van der Waals surface area (Å²) in [6.07, 6.45) is 0. The molecule has 20 heavy (non-hydrogen) atoms. The molecule has 0 aliphatic heterocycles. The van der Waals surface area contributed by atoms with Crippen LogP contribution in [0.2, 0.25) is 0 Å². The molecule has 0 aliphatic carbocycles. The first-order valence-corrected chi connectivity index (χ1v) is 5.64.